The number of allylic oxidation sites excluding steroid dienone is 4. The monoisotopic (exact) mass is 694 g/mol. The molecule has 0 saturated heterocycles. The Morgan fingerprint density at radius 1 is 0.804 bits per heavy atom. The van der Waals surface area contributed by atoms with E-state index in [0.717, 1.165) is 11.6 Å². The van der Waals surface area contributed by atoms with Crippen LogP contribution in [0.5, 0.6) is 51.7 Å². The summed E-state index contributed by atoms with van der Waals surface area (Å²) in [7, 11) is 0. The Morgan fingerprint density at radius 3 is 2.20 bits per heavy atom. The number of ether oxygens (including phenoxy) is 1. The second-order valence-corrected chi connectivity index (χ2v) is 13.4. The normalized spacial score (nSPS) is 19.8. The van der Waals surface area contributed by atoms with Crippen LogP contribution in [0.2, 0.25) is 0 Å². The summed E-state index contributed by atoms with van der Waals surface area (Å²) < 4.78 is 5.98. The van der Waals surface area contributed by atoms with Gasteiger partial charge in [-0.15, -0.1) is 0 Å². The molecule has 0 radical (unpaired) electrons. The van der Waals surface area contributed by atoms with Gasteiger partial charge in [0.1, 0.15) is 63.4 Å². The third kappa shape index (κ3) is 6.38. The Morgan fingerprint density at radius 2 is 1.49 bits per heavy atom. The van der Waals surface area contributed by atoms with Crippen molar-refractivity contribution in [2.75, 3.05) is 0 Å². The van der Waals surface area contributed by atoms with Crippen molar-refractivity contribution < 1.29 is 55.2 Å². The summed E-state index contributed by atoms with van der Waals surface area (Å²) in [6, 6.07) is 11.7. The molecule has 0 saturated carbocycles. The second kappa shape index (κ2) is 13.3. The van der Waals surface area contributed by atoms with Crippen LogP contribution in [0, 0.1) is 5.92 Å². The van der Waals surface area contributed by atoms with E-state index in [2.05, 4.69) is 0 Å². The van der Waals surface area contributed by atoms with Gasteiger partial charge in [0.2, 0.25) is 0 Å². The smallest absolute Gasteiger partial charge is 0.174 e. The Kier molecular flexibility index (Phi) is 9.07. The highest BCUT2D eigenvalue weighted by molar-refractivity contribution is 6.03. The van der Waals surface area contributed by atoms with E-state index in [1.165, 1.54) is 42.5 Å². The number of phenols is 8. The molecular formula is C40H38O11. The van der Waals surface area contributed by atoms with E-state index in [4.69, 9.17) is 4.74 Å². The zero-order valence-corrected chi connectivity index (χ0v) is 28.1. The van der Waals surface area contributed by atoms with Gasteiger partial charge in [0, 0.05) is 58.2 Å². The molecule has 1 aliphatic carbocycles. The molecular weight excluding hydrogens is 656 g/mol. The van der Waals surface area contributed by atoms with Gasteiger partial charge in [-0.1, -0.05) is 29.4 Å². The van der Waals surface area contributed by atoms with Crippen LogP contribution < -0.4 is 4.74 Å². The molecule has 51 heavy (non-hydrogen) atoms. The summed E-state index contributed by atoms with van der Waals surface area (Å²) in [5.41, 5.74) is 2.06. The summed E-state index contributed by atoms with van der Waals surface area (Å²) in [5, 5.41) is 86.1. The third-order valence-corrected chi connectivity index (χ3v) is 9.77. The van der Waals surface area contributed by atoms with Crippen LogP contribution >= 0.6 is 0 Å². The number of aromatic hydroxyl groups is 8. The van der Waals surface area contributed by atoms with Crippen LogP contribution in [0.4, 0.5) is 0 Å². The predicted octanol–water partition coefficient (Wildman–Crippen LogP) is 7.26. The van der Waals surface area contributed by atoms with Crippen molar-refractivity contribution >= 4 is 11.6 Å². The van der Waals surface area contributed by atoms with Crippen molar-refractivity contribution in [1.82, 2.24) is 0 Å². The lowest BCUT2D eigenvalue weighted by molar-refractivity contribution is 0.0841. The molecule has 0 amide bonds. The molecule has 0 bridgehead atoms. The van der Waals surface area contributed by atoms with Gasteiger partial charge in [0.15, 0.2) is 11.6 Å². The molecule has 0 aromatic heterocycles. The maximum Gasteiger partial charge on any atom is 0.174 e. The lowest BCUT2D eigenvalue weighted by Crippen LogP contribution is -2.29. The van der Waals surface area contributed by atoms with Crippen LogP contribution in [0.15, 0.2) is 77.9 Å². The number of Topliss-reactive ketones (excluding diaryl/α,β-unsaturated/α-hetero) is 2. The van der Waals surface area contributed by atoms with E-state index in [1.807, 2.05) is 13.8 Å². The molecule has 1 aliphatic heterocycles. The van der Waals surface area contributed by atoms with Gasteiger partial charge < -0.3 is 45.6 Å². The van der Waals surface area contributed by atoms with Crippen LogP contribution in [0.1, 0.15) is 94.5 Å². The van der Waals surface area contributed by atoms with Crippen LogP contribution in [0.25, 0.3) is 0 Å². The molecule has 8 N–H and O–H groups in total. The molecule has 0 unspecified atom stereocenters. The molecule has 4 aromatic rings. The highest BCUT2D eigenvalue weighted by Crippen LogP contribution is 2.53. The largest absolute Gasteiger partial charge is 0.508 e. The van der Waals surface area contributed by atoms with Crippen LogP contribution in [-0.4, -0.2) is 52.4 Å². The van der Waals surface area contributed by atoms with Crippen molar-refractivity contribution in [3.8, 4) is 51.7 Å². The fraction of sp³-hybridized carbons (Fsp3) is 0.250. The summed E-state index contributed by atoms with van der Waals surface area (Å²) in [4.78, 5) is 27.7. The fourth-order valence-electron chi connectivity index (χ4n) is 7.19. The van der Waals surface area contributed by atoms with E-state index >= 15 is 0 Å². The molecule has 2 aliphatic rings. The van der Waals surface area contributed by atoms with Crippen LogP contribution in [0.3, 0.4) is 0 Å². The molecule has 1 heterocycles. The quantitative estimate of drug-likeness (QED) is 0.0714. The van der Waals surface area contributed by atoms with E-state index in [0.29, 0.717) is 11.1 Å². The molecule has 11 nitrogen and oxygen atoms in total. The Hall–Kier alpha value is -6.10. The van der Waals surface area contributed by atoms with Gasteiger partial charge in [-0.2, -0.15) is 0 Å². The number of fused-ring (bicyclic) bond motifs is 1. The Balaban J connectivity index is 1.48. The first kappa shape index (κ1) is 34.8. The molecule has 0 fully saturated rings. The van der Waals surface area contributed by atoms with Gasteiger partial charge in [-0.25, -0.2) is 0 Å². The minimum atomic E-state index is -1.09. The lowest BCUT2D eigenvalue weighted by Gasteiger charge is -2.36. The van der Waals surface area contributed by atoms with Gasteiger partial charge in [0.25, 0.3) is 0 Å². The summed E-state index contributed by atoms with van der Waals surface area (Å²) >= 11 is 0. The topological polar surface area (TPSA) is 205 Å². The van der Waals surface area contributed by atoms with Crippen LogP contribution in [-0.2, 0) is 6.42 Å². The summed E-state index contributed by atoms with van der Waals surface area (Å²) in [5.74, 6) is -6.31. The molecule has 4 aromatic carbocycles. The second-order valence-electron chi connectivity index (χ2n) is 13.4. The third-order valence-electron chi connectivity index (χ3n) is 9.77. The number of carbonyl (C=O) groups is 2. The Bertz CT molecular complexity index is 2140. The van der Waals surface area contributed by atoms with Gasteiger partial charge >= 0.3 is 0 Å². The molecule has 11 heteroatoms. The van der Waals surface area contributed by atoms with Gasteiger partial charge in [-0.05, 0) is 63.9 Å². The fourth-order valence-corrected chi connectivity index (χ4v) is 7.19. The van der Waals surface area contributed by atoms with Gasteiger partial charge in [0.05, 0.1) is 12.0 Å². The number of rotatable bonds is 7. The van der Waals surface area contributed by atoms with E-state index in [9.17, 15) is 50.4 Å². The standard InChI is InChI=1S/C40H38O11/c1-18(2)4-6-23-29(43)10-9-25(38(23)48)39(49)28-16-26(22-7-5-20(41)13-31(22)45)19(3)12-27(28)36-30(44)11-8-24(40(36)50)34-17-33(47)37-32(46)14-21(42)15-35(37)51-34/h4-5,7-15,26-28,34,41-46,48,50H,6,16-17H2,1-3H3/t26-,27-,28-,34+/m1/s1. The van der Waals surface area contributed by atoms with Crippen molar-refractivity contribution in [3.63, 3.8) is 0 Å². The SMILES string of the molecule is CC(C)=CCc1c(O)ccc(C(=O)[C@@H]2C[C@@H](c3ccc(O)cc3O)C(C)=C[C@H]2c2c(O)ccc([C@@H]3CC(=O)c4c(O)cc(O)cc4O3)c2O)c1O. The maximum atomic E-state index is 14.6. The first-order valence-corrected chi connectivity index (χ1v) is 16.4. The Labute approximate surface area is 293 Å². The van der Waals surface area contributed by atoms with Crippen molar-refractivity contribution in [3.05, 3.63) is 111 Å². The molecule has 4 atom stereocenters. The molecule has 264 valence electrons. The average Bonchev–Trinajstić information content (AvgIpc) is 3.04. The minimum Gasteiger partial charge on any atom is -0.508 e. The van der Waals surface area contributed by atoms with Crippen molar-refractivity contribution in [1.29, 1.82) is 0 Å². The number of ketones is 2. The zero-order valence-electron chi connectivity index (χ0n) is 28.1. The zero-order chi connectivity index (χ0) is 36.9. The average molecular weight is 695 g/mol. The number of carbonyl (C=O) groups excluding carboxylic acids is 2. The lowest BCUT2D eigenvalue weighted by atomic mass is 9.67. The van der Waals surface area contributed by atoms with E-state index in [-0.39, 0.29) is 81.6 Å². The minimum absolute atomic E-state index is 0.0396. The maximum absolute atomic E-state index is 14.6. The summed E-state index contributed by atoms with van der Waals surface area (Å²) in [6.07, 6.45) is 2.31. The first-order chi connectivity index (χ1) is 24.2. The highest BCUT2D eigenvalue weighted by atomic mass is 16.5. The van der Waals surface area contributed by atoms with E-state index < -0.39 is 52.7 Å². The first-order valence-electron chi connectivity index (χ1n) is 16.4. The van der Waals surface area contributed by atoms with Crippen molar-refractivity contribution in [2.45, 2.75) is 58.0 Å². The van der Waals surface area contributed by atoms with Crippen molar-refractivity contribution in [2.24, 2.45) is 5.92 Å². The molecule has 6 rings (SSSR count). The number of hydrogen-bond acceptors (Lipinski definition) is 11. The predicted molar refractivity (Wildman–Crippen MR) is 186 cm³/mol. The van der Waals surface area contributed by atoms with E-state index in [1.54, 1.807) is 25.1 Å². The van der Waals surface area contributed by atoms with Gasteiger partial charge in [-0.3, -0.25) is 9.59 Å². The highest BCUT2D eigenvalue weighted by Gasteiger charge is 2.42. The number of phenolic OH excluding ortho intramolecular Hbond substituents is 8. The molecule has 0 spiro atoms. The number of hydrogen-bond donors (Lipinski definition) is 8. The summed E-state index contributed by atoms with van der Waals surface area (Å²) in [6.45, 7) is 5.49. The number of benzene rings is 4.